The molecule has 0 saturated heterocycles. The number of carbonyl (C=O) groups excluding carboxylic acids is 2. The van der Waals surface area contributed by atoms with Crippen molar-refractivity contribution in [1.82, 2.24) is 19.7 Å². The van der Waals surface area contributed by atoms with E-state index in [1.54, 1.807) is 24.7 Å². The highest BCUT2D eigenvalue weighted by molar-refractivity contribution is 5.97. The molecular weight excluding hydrogens is 434 g/mol. The van der Waals surface area contributed by atoms with Gasteiger partial charge in [0.15, 0.2) is 0 Å². The number of aryl methyl sites for hydroxylation is 2. The number of nitrogens with zero attached hydrogens (tertiary/aromatic N) is 4. The SMILES string of the molecule is CCOC(=O)c1c(C)nc(N[C@@H]2CCCC[C@@H]2CC(=O)OC(C)(C)C)nc1-c1cnn(C)c1C. The topological polar surface area (TPSA) is 108 Å². The molecule has 0 aromatic carbocycles. The Morgan fingerprint density at radius 2 is 1.88 bits per heavy atom. The molecule has 2 aromatic rings. The molecule has 0 amide bonds. The first-order valence-electron chi connectivity index (χ1n) is 12.0. The number of hydrogen-bond acceptors (Lipinski definition) is 8. The Hall–Kier alpha value is -2.97. The maximum absolute atomic E-state index is 12.8. The fourth-order valence-electron chi connectivity index (χ4n) is 4.42. The molecule has 0 spiro atoms. The second kappa shape index (κ2) is 10.5. The van der Waals surface area contributed by atoms with Crippen LogP contribution in [-0.4, -0.2) is 49.9 Å². The van der Waals surface area contributed by atoms with Gasteiger partial charge in [0.2, 0.25) is 5.95 Å². The fraction of sp³-hybridized carbons (Fsp3) is 0.640. The highest BCUT2D eigenvalue weighted by Gasteiger charge is 2.31. The molecular formula is C25H37N5O4. The van der Waals surface area contributed by atoms with E-state index in [1.165, 1.54) is 0 Å². The monoisotopic (exact) mass is 471 g/mol. The quantitative estimate of drug-likeness (QED) is 0.593. The number of anilines is 1. The molecule has 0 radical (unpaired) electrons. The molecule has 2 atom stereocenters. The predicted molar refractivity (Wildman–Crippen MR) is 129 cm³/mol. The predicted octanol–water partition coefficient (Wildman–Crippen LogP) is 4.37. The summed E-state index contributed by atoms with van der Waals surface area (Å²) in [5, 5.41) is 7.79. The fourth-order valence-corrected chi connectivity index (χ4v) is 4.42. The molecule has 9 nitrogen and oxygen atoms in total. The molecule has 1 fully saturated rings. The van der Waals surface area contributed by atoms with E-state index in [0.29, 0.717) is 29.3 Å². The number of ether oxygens (including phenoxy) is 2. The van der Waals surface area contributed by atoms with Gasteiger partial charge in [0.25, 0.3) is 0 Å². The summed E-state index contributed by atoms with van der Waals surface area (Å²) in [7, 11) is 1.85. The molecule has 34 heavy (non-hydrogen) atoms. The zero-order valence-corrected chi connectivity index (χ0v) is 21.4. The van der Waals surface area contributed by atoms with Crippen molar-refractivity contribution in [2.75, 3.05) is 11.9 Å². The summed E-state index contributed by atoms with van der Waals surface area (Å²) in [4.78, 5) is 34.6. The average molecular weight is 472 g/mol. The Morgan fingerprint density at radius 1 is 1.18 bits per heavy atom. The van der Waals surface area contributed by atoms with Crippen LogP contribution in [0.25, 0.3) is 11.3 Å². The molecule has 186 valence electrons. The minimum absolute atomic E-state index is 0.0388. The molecule has 2 heterocycles. The van der Waals surface area contributed by atoms with E-state index in [1.807, 2.05) is 34.7 Å². The van der Waals surface area contributed by atoms with Crippen molar-refractivity contribution in [2.45, 2.75) is 85.3 Å². The van der Waals surface area contributed by atoms with E-state index < -0.39 is 11.6 Å². The van der Waals surface area contributed by atoms with Crippen molar-refractivity contribution in [3.63, 3.8) is 0 Å². The van der Waals surface area contributed by atoms with Crippen molar-refractivity contribution in [3.8, 4) is 11.3 Å². The lowest BCUT2D eigenvalue weighted by Gasteiger charge is -2.32. The summed E-state index contributed by atoms with van der Waals surface area (Å²) in [6, 6.07) is 0.0388. The van der Waals surface area contributed by atoms with Crippen LogP contribution in [0, 0.1) is 19.8 Å². The van der Waals surface area contributed by atoms with Crippen LogP contribution in [0.4, 0.5) is 5.95 Å². The third-order valence-corrected chi connectivity index (χ3v) is 6.13. The van der Waals surface area contributed by atoms with Crippen LogP contribution in [0.15, 0.2) is 6.20 Å². The molecule has 1 N–H and O–H groups in total. The minimum Gasteiger partial charge on any atom is -0.462 e. The van der Waals surface area contributed by atoms with Crippen molar-refractivity contribution in [2.24, 2.45) is 13.0 Å². The highest BCUT2D eigenvalue weighted by Crippen LogP contribution is 2.32. The Morgan fingerprint density at radius 3 is 2.50 bits per heavy atom. The first-order chi connectivity index (χ1) is 16.0. The molecule has 0 bridgehead atoms. The Kier molecular flexibility index (Phi) is 7.94. The maximum atomic E-state index is 12.8. The van der Waals surface area contributed by atoms with Gasteiger partial charge in [-0.1, -0.05) is 12.8 Å². The van der Waals surface area contributed by atoms with Crippen LogP contribution < -0.4 is 5.32 Å². The summed E-state index contributed by atoms with van der Waals surface area (Å²) in [6.07, 6.45) is 6.05. The Labute approximate surface area is 201 Å². The standard InChI is InChI=1S/C25H37N5O4/c1-8-33-23(32)21-15(2)27-24(29-22(21)18-14-26-30(7)16(18)3)28-19-12-10-9-11-17(19)13-20(31)34-25(4,5)6/h14,17,19H,8-13H2,1-7H3,(H,27,28,29)/t17-,19-/m1/s1. The third kappa shape index (κ3) is 6.12. The van der Waals surface area contributed by atoms with Gasteiger partial charge >= 0.3 is 11.9 Å². The number of aromatic nitrogens is 4. The molecule has 1 aliphatic rings. The van der Waals surface area contributed by atoms with Crippen molar-refractivity contribution >= 4 is 17.9 Å². The van der Waals surface area contributed by atoms with Crippen molar-refractivity contribution in [1.29, 1.82) is 0 Å². The number of hydrogen-bond donors (Lipinski definition) is 1. The highest BCUT2D eigenvalue weighted by atomic mass is 16.6. The van der Waals surface area contributed by atoms with E-state index in [0.717, 1.165) is 36.9 Å². The summed E-state index contributed by atoms with van der Waals surface area (Å²) < 4.78 is 12.6. The van der Waals surface area contributed by atoms with Gasteiger partial charge in [-0.05, 0) is 60.3 Å². The Bertz CT molecular complexity index is 1040. The van der Waals surface area contributed by atoms with E-state index in [2.05, 4.69) is 15.4 Å². The van der Waals surface area contributed by atoms with Gasteiger partial charge in [0, 0.05) is 24.3 Å². The normalized spacial score (nSPS) is 18.4. The van der Waals surface area contributed by atoms with Crippen LogP contribution >= 0.6 is 0 Å². The molecule has 1 saturated carbocycles. The Balaban J connectivity index is 1.92. The molecule has 9 heteroatoms. The van der Waals surface area contributed by atoms with Gasteiger partial charge in [0.05, 0.1) is 30.6 Å². The zero-order valence-electron chi connectivity index (χ0n) is 21.4. The molecule has 0 aliphatic heterocycles. The molecule has 0 unspecified atom stereocenters. The second-order valence-electron chi connectivity index (χ2n) is 9.93. The van der Waals surface area contributed by atoms with Gasteiger partial charge < -0.3 is 14.8 Å². The average Bonchev–Trinajstić information content (AvgIpc) is 3.06. The first-order valence-corrected chi connectivity index (χ1v) is 12.0. The van der Waals surface area contributed by atoms with Gasteiger partial charge in [0.1, 0.15) is 11.2 Å². The van der Waals surface area contributed by atoms with E-state index in [4.69, 9.17) is 14.5 Å². The largest absolute Gasteiger partial charge is 0.462 e. The molecule has 3 rings (SSSR count). The molecule has 2 aromatic heterocycles. The van der Waals surface area contributed by atoms with E-state index in [9.17, 15) is 9.59 Å². The zero-order chi connectivity index (χ0) is 25.0. The maximum Gasteiger partial charge on any atom is 0.342 e. The van der Waals surface area contributed by atoms with Crippen molar-refractivity contribution in [3.05, 3.63) is 23.1 Å². The minimum atomic E-state index is -0.506. The second-order valence-corrected chi connectivity index (χ2v) is 9.93. The van der Waals surface area contributed by atoms with E-state index in [-0.39, 0.29) is 24.5 Å². The summed E-state index contributed by atoms with van der Waals surface area (Å²) in [6.45, 7) is 11.4. The van der Waals surface area contributed by atoms with Crippen LogP contribution in [0.5, 0.6) is 0 Å². The summed E-state index contributed by atoms with van der Waals surface area (Å²) in [5.74, 6) is -0.0800. The van der Waals surface area contributed by atoms with Crippen LogP contribution in [-0.2, 0) is 21.3 Å². The van der Waals surface area contributed by atoms with Gasteiger partial charge in [-0.2, -0.15) is 5.10 Å². The van der Waals surface area contributed by atoms with Crippen LogP contribution in [0.2, 0.25) is 0 Å². The summed E-state index contributed by atoms with van der Waals surface area (Å²) in [5.41, 5.74) is 2.52. The van der Waals surface area contributed by atoms with E-state index >= 15 is 0 Å². The lowest BCUT2D eigenvalue weighted by molar-refractivity contribution is -0.156. The van der Waals surface area contributed by atoms with Gasteiger partial charge in [-0.15, -0.1) is 0 Å². The third-order valence-electron chi connectivity index (χ3n) is 6.13. The van der Waals surface area contributed by atoms with Gasteiger partial charge in [-0.25, -0.2) is 14.8 Å². The number of carbonyl (C=O) groups is 2. The lowest BCUT2D eigenvalue weighted by atomic mass is 9.82. The summed E-state index contributed by atoms with van der Waals surface area (Å²) >= 11 is 0. The number of esters is 2. The molecule has 1 aliphatic carbocycles. The van der Waals surface area contributed by atoms with Gasteiger partial charge in [-0.3, -0.25) is 9.48 Å². The lowest BCUT2D eigenvalue weighted by Crippen LogP contribution is -2.36. The van der Waals surface area contributed by atoms with Crippen molar-refractivity contribution < 1.29 is 19.1 Å². The number of rotatable bonds is 7. The smallest absolute Gasteiger partial charge is 0.342 e. The van der Waals surface area contributed by atoms with Crippen LogP contribution in [0.1, 0.15) is 81.5 Å². The van der Waals surface area contributed by atoms with Crippen LogP contribution in [0.3, 0.4) is 0 Å². The number of nitrogens with one attached hydrogen (secondary N) is 1. The first kappa shape index (κ1) is 25.6.